The van der Waals surface area contributed by atoms with Gasteiger partial charge in [0.25, 0.3) is 5.56 Å². The highest BCUT2D eigenvalue weighted by Gasteiger charge is 2.09. The lowest BCUT2D eigenvalue weighted by atomic mass is 10.2. The Morgan fingerprint density at radius 3 is 2.96 bits per heavy atom. The Morgan fingerprint density at radius 1 is 1.22 bits per heavy atom. The van der Waals surface area contributed by atoms with Crippen molar-refractivity contribution >= 4 is 33.6 Å². The van der Waals surface area contributed by atoms with Gasteiger partial charge in [-0.2, -0.15) is 0 Å². The molecule has 0 N–H and O–H groups in total. The van der Waals surface area contributed by atoms with E-state index >= 15 is 0 Å². The number of nitrogens with zero attached hydrogens (tertiary/aromatic N) is 3. The first-order chi connectivity index (χ1) is 11.2. The molecule has 0 saturated carbocycles. The van der Waals surface area contributed by atoms with Crippen molar-refractivity contribution in [3.8, 4) is 9.88 Å². The minimum Gasteiger partial charge on any atom is -0.293 e. The van der Waals surface area contributed by atoms with Gasteiger partial charge >= 0.3 is 0 Å². The van der Waals surface area contributed by atoms with Crippen LogP contribution in [0.2, 0.25) is 0 Å². The summed E-state index contributed by atoms with van der Waals surface area (Å²) in [5.41, 5.74) is 0.980. The Balaban J connectivity index is 1.69. The van der Waals surface area contributed by atoms with Gasteiger partial charge in [0.2, 0.25) is 0 Å². The van der Waals surface area contributed by atoms with Crippen LogP contribution in [0.15, 0.2) is 52.2 Å². The van der Waals surface area contributed by atoms with Crippen molar-refractivity contribution in [2.24, 2.45) is 0 Å². The van der Waals surface area contributed by atoms with Crippen LogP contribution in [0, 0.1) is 5.82 Å². The fourth-order valence-electron chi connectivity index (χ4n) is 2.31. The van der Waals surface area contributed by atoms with Crippen molar-refractivity contribution in [1.29, 1.82) is 0 Å². The Morgan fingerprint density at radius 2 is 2.13 bits per heavy atom. The first kappa shape index (κ1) is 14.2. The van der Waals surface area contributed by atoms with Crippen molar-refractivity contribution < 1.29 is 4.39 Å². The predicted octanol–water partition coefficient (Wildman–Crippen LogP) is 3.77. The molecular formula is C16H10FN3OS2. The van der Waals surface area contributed by atoms with Gasteiger partial charge in [-0.25, -0.2) is 14.4 Å². The number of hydrogen-bond donors (Lipinski definition) is 0. The summed E-state index contributed by atoms with van der Waals surface area (Å²) in [5, 5.41) is 5.30. The van der Waals surface area contributed by atoms with E-state index in [4.69, 9.17) is 0 Å². The third kappa shape index (κ3) is 2.69. The number of hydrogen-bond acceptors (Lipinski definition) is 5. The molecule has 3 aromatic heterocycles. The first-order valence-electron chi connectivity index (χ1n) is 6.84. The fourth-order valence-corrected chi connectivity index (χ4v) is 3.94. The molecule has 3 heterocycles. The average Bonchev–Trinajstić information content (AvgIpc) is 3.21. The van der Waals surface area contributed by atoms with E-state index in [1.54, 1.807) is 22.7 Å². The van der Waals surface area contributed by atoms with Gasteiger partial charge < -0.3 is 0 Å². The number of fused-ring (bicyclic) bond motifs is 1. The molecule has 0 saturated heterocycles. The molecule has 114 valence electrons. The highest BCUT2D eigenvalue weighted by atomic mass is 32.1. The van der Waals surface area contributed by atoms with Crippen LogP contribution >= 0.6 is 22.7 Å². The normalized spacial score (nSPS) is 11.2. The van der Waals surface area contributed by atoms with Crippen molar-refractivity contribution in [2.45, 2.75) is 6.54 Å². The van der Waals surface area contributed by atoms with E-state index in [-0.39, 0.29) is 5.56 Å². The van der Waals surface area contributed by atoms with Crippen molar-refractivity contribution in [3.63, 3.8) is 0 Å². The monoisotopic (exact) mass is 343 g/mol. The molecule has 4 aromatic rings. The number of aromatic nitrogens is 3. The molecule has 0 spiro atoms. The van der Waals surface area contributed by atoms with Gasteiger partial charge in [-0.1, -0.05) is 6.07 Å². The number of halogens is 1. The summed E-state index contributed by atoms with van der Waals surface area (Å²) in [6.45, 7) is 0.348. The number of rotatable bonds is 3. The van der Waals surface area contributed by atoms with Gasteiger partial charge in [0.05, 0.1) is 34.3 Å². The maximum Gasteiger partial charge on any atom is 0.261 e. The molecule has 0 aliphatic rings. The van der Waals surface area contributed by atoms with E-state index < -0.39 is 5.82 Å². The van der Waals surface area contributed by atoms with Crippen LogP contribution in [0.3, 0.4) is 0 Å². The van der Waals surface area contributed by atoms with Crippen molar-refractivity contribution in [1.82, 2.24) is 14.5 Å². The highest BCUT2D eigenvalue weighted by Crippen LogP contribution is 2.27. The molecule has 4 rings (SSSR count). The van der Waals surface area contributed by atoms with E-state index in [0.717, 1.165) is 15.6 Å². The Bertz CT molecular complexity index is 1040. The summed E-state index contributed by atoms with van der Waals surface area (Å²) in [4.78, 5) is 22.3. The zero-order valence-electron chi connectivity index (χ0n) is 11.8. The maximum absolute atomic E-state index is 13.2. The summed E-state index contributed by atoms with van der Waals surface area (Å²) in [6.07, 6.45) is 1.44. The van der Waals surface area contributed by atoms with Crippen LogP contribution < -0.4 is 5.56 Å². The zero-order valence-corrected chi connectivity index (χ0v) is 13.4. The second-order valence-corrected chi connectivity index (χ2v) is 6.77. The molecule has 0 fully saturated rings. The Kier molecular flexibility index (Phi) is 3.51. The second-order valence-electron chi connectivity index (χ2n) is 4.96. The third-order valence-electron chi connectivity index (χ3n) is 3.40. The lowest BCUT2D eigenvalue weighted by Gasteiger charge is -2.04. The van der Waals surface area contributed by atoms with Gasteiger partial charge in [-0.05, 0) is 23.6 Å². The number of benzene rings is 1. The minimum absolute atomic E-state index is 0.194. The van der Waals surface area contributed by atoms with Gasteiger partial charge in [0, 0.05) is 11.4 Å². The summed E-state index contributed by atoms with van der Waals surface area (Å²) in [7, 11) is 0. The van der Waals surface area contributed by atoms with Gasteiger partial charge in [-0.15, -0.1) is 22.7 Å². The standard InChI is InChI=1S/C16H10FN3OS2/c17-10-3-4-12-13(6-10)18-9-20(16(12)21)7-11-8-23-15(19-11)14-2-1-5-22-14/h1-6,8-9H,7H2. The van der Waals surface area contributed by atoms with Crippen LogP contribution in [-0.4, -0.2) is 14.5 Å². The predicted molar refractivity (Wildman–Crippen MR) is 90.5 cm³/mol. The fraction of sp³-hybridized carbons (Fsp3) is 0.0625. The Hall–Kier alpha value is -2.38. The molecule has 1 aromatic carbocycles. The molecule has 0 bridgehead atoms. The topological polar surface area (TPSA) is 47.8 Å². The molecule has 0 aliphatic heterocycles. The van der Waals surface area contributed by atoms with E-state index in [1.807, 2.05) is 22.9 Å². The largest absolute Gasteiger partial charge is 0.293 e. The molecule has 0 radical (unpaired) electrons. The quantitative estimate of drug-likeness (QED) is 0.569. The Labute approximate surface area is 138 Å². The van der Waals surface area contributed by atoms with Crippen LogP contribution in [0.25, 0.3) is 20.8 Å². The van der Waals surface area contributed by atoms with Gasteiger partial charge in [-0.3, -0.25) is 9.36 Å². The molecule has 4 nitrogen and oxygen atoms in total. The maximum atomic E-state index is 13.2. The first-order valence-corrected chi connectivity index (χ1v) is 8.59. The summed E-state index contributed by atoms with van der Waals surface area (Å²) in [5.74, 6) is -0.401. The van der Waals surface area contributed by atoms with Crippen molar-refractivity contribution in [2.75, 3.05) is 0 Å². The zero-order chi connectivity index (χ0) is 15.8. The number of thiophene rings is 1. The third-order valence-corrected chi connectivity index (χ3v) is 5.33. The average molecular weight is 343 g/mol. The highest BCUT2D eigenvalue weighted by molar-refractivity contribution is 7.20. The molecular weight excluding hydrogens is 333 g/mol. The lowest BCUT2D eigenvalue weighted by molar-refractivity contribution is 0.629. The summed E-state index contributed by atoms with van der Waals surface area (Å²) in [6, 6.07) is 8.00. The van der Waals surface area contributed by atoms with E-state index in [1.165, 1.54) is 29.1 Å². The molecule has 0 unspecified atom stereocenters. The molecule has 23 heavy (non-hydrogen) atoms. The molecule has 0 aliphatic carbocycles. The van der Waals surface area contributed by atoms with E-state index in [2.05, 4.69) is 9.97 Å². The van der Waals surface area contributed by atoms with E-state index in [9.17, 15) is 9.18 Å². The van der Waals surface area contributed by atoms with Crippen molar-refractivity contribution in [3.05, 3.63) is 69.3 Å². The summed E-state index contributed by atoms with van der Waals surface area (Å²) < 4.78 is 14.7. The van der Waals surface area contributed by atoms with Crippen LogP contribution in [0.4, 0.5) is 4.39 Å². The molecule has 7 heteroatoms. The molecule has 0 atom stereocenters. The summed E-state index contributed by atoms with van der Waals surface area (Å²) >= 11 is 3.19. The van der Waals surface area contributed by atoms with Crippen LogP contribution in [0.5, 0.6) is 0 Å². The van der Waals surface area contributed by atoms with E-state index in [0.29, 0.717) is 17.4 Å². The van der Waals surface area contributed by atoms with Gasteiger partial charge in [0.15, 0.2) is 0 Å². The lowest BCUT2D eigenvalue weighted by Crippen LogP contribution is -2.21. The van der Waals surface area contributed by atoms with Crippen LogP contribution in [0.1, 0.15) is 5.69 Å². The smallest absolute Gasteiger partial charge is 0.261 e. The SMILES string of the molecule is O=c1c2ccc(F)cc2ncn1Cc1csc(-c2cccs2)n1. The van der Waals surface area contributed by atoms with Gasteiger partial charge in [0.1, 0.15) is 10.8 Å². The minimum atomic E-state index is -0.401. The molecule has 0 amide bonds. The second kappa shape index (κ2) is 5.68. The number of thiazole rings is 1. The van der Waals surface area contributed by atoms with Crippen LogP contribution in [-0.2, 0) is 6.54 Å².